The lowest BCUT2D eigenvalue weighted by Gasteiger charge is -2.33. The highest BCUT2D eigenvalue weighted by Gasteiger charge is 2.37. The molecule has 1 saturated heterocycles. The molecule has 0 atom stereocenters. The van der Waals surface area contributed by atoms with Gasteiger partial charge in [0.05, 0.1) is 11.1 Å². The van der Waals surface area contributed by atoms with Crippen LogP contribution in [0.5, 0.6) is 0 Å². The van der Waals surface area contributed by atoms with Gasteiger partial charge < -0.3 is 20.3 Å². The molecule has 2 N–H and O–H groups in total. The molecular formula is C22H30N4O5. The van der Waals surface area contributed by atoms with E-state index in [0.29, 0.717) is 42.7 Å². The molecule has 3 rings (SSSR count). The van der Waals surface area contributed by atoms with Crippen LogP contribution >= 0.6 is 0 Å². The van der Waals surface area contributed by atoms with Gasteiger partial charge in [-0.15, -0.1) is 0 Å². The summed E-state index contributed by atoms with van der Waals surface area (Å²) >= 11 is 0. The quantitative estimate of drug-likeness (QED) is 0.716. The Labute approximate surface area is 182 Å². The molecule has 9 nitrogen and oxygen atoms in total. The van der Waals surface area contributed by atoms with Crippen LogP contribution in [-0.2, 0) is 4.74 Å². The molecule has 0 aromatic heterocycles. The number of likely N-dealkylation sites (tertiary alicyclic amines) is 1. The third-order valence-corrected chi connectivity index (χ3v) is 5.17. The minimum Gasteiger partial charge on any atom is -0.444 e. The van der Waals surface area contributed by atoms with Crippen LogP contribution in [-0.4, -0.2) is 64.5 Å². The van der Waals surface area contributed by atoms with E-state index in [1.807, 2.05) is 20.8 Å². The van der Waals surface area contributed by atoms with Gasteiger partial charge in [-0.25, -0.2) is 9.59 Å². The molecule has 0 radical (unpaired) electrons. The van der Waals surface area contributed by atoms with Crippen molar-refractivity contribution in [1.29, 1.82) is 0 Å². The van der Waals surface area contributed by atoms with Gasteiger partial charge in [-0.1, -0.05) is 0 Å². The van der Waals surface area contributed by atoms with E-state index in [4.69, 9.17) is 4.74 Å². The Bertz CT molecular complexity index is 898. The van der Waals surface area contributed by atoms with Crippen LogP contribution in [0.25, 0.3) is 0 Å². The summed E-state index contributed by atoms with van der Waals surface area (Å²) in [5.41, 5.74) is 0.538. The van der Waals surface area contributed by atoms with E-state index in [2.05, 4.69) is 10.6 Å². The first kappa shape index (κ1) is 22.6. The van der Waals surface area contributed by atoms with Gasteiger partial charge >= 0.3 is 12.1 Å². The van der Waals surface area contributed by atoms with Gasteiger partial charge in [0.1, 0.15) is 5.60 Å². The summed E-state index contributed by atoms with van der Waals surface area (Å²) in [5.74, 6) is -0.670. The molecule has 1 aromatic carbocycles. The fourth-order valence-electron chi connectivity index (χ4n) is 3.69. The molecule has 0 saturated carbocycles. The zero-order chi connectivity index (χ0) is 22.9. The van der Waals surface area contributed by atoms with Crippen LogP contribution in [0.1, 0.15) is 68.2 Å². The first-order valence-electron chi connectivity index (χ1n) is 10.5. The maximum atomic E-state index is 12.5. The molecule has 0 spiro atoms. The van der Waals surface area contributed by atoms with Gasteiger partial charge in [0.2, 0.25) is 0 Å². The van der Waals surface area contributed by atoms with E-state index in [9.17, 15) is 19.2 Å². The van der Waals surface area contributed by atoms with Crippen molar-refractivity contribution >= 4 is 29.6 Å². The number of rotatable bonds is 3. The summed E-state index contributed by atoms with van der Waals surface area (Å²) in [6.07, 6.45) is 0.892. The molecule has 168 valence electrons. The van der Waals surface area contributed by atoms with Crippen LogP contribution < -0.4 is 10.6 Å². The normalized spacial score (nSPS) is 17.1. The predicted molar refractivity (Wildman–Crippen MR) is 115 cm³/mol. The van der Waals surface area contributed by atoms with Gasteiger partial charge in [-0.05, 0) is 65.7 Å². The summed E-state index contributed by atoms with van der Waals surface area (Å²) in [4.78, 5) is 52.3. The molecule has 5 amide bonds. The van der Waals surface area contributed by atoms with Gasteiger partial charge in [-0.3, -0.25) is 14.5 Å². The van der Waals surface area contributed by atoms with Gasteiger partial charge in [0, 0.05) is 30.9 Å². The number of piperidine rings is 1. The highest BCUT2D eigenvalue weighted by molar-refractivity contribution is 6.22. The van der Waals surface area contributed by atoms with Crippen molar-refractivity contribution in [2.24, 2.45) is 0 Å². The predicted octanol–water partition coefficient (Wildman–Crippen LogP) is 3.21. The standard InChI is InChI=1S/C22H30N4O5/c1-13(2)26-18(27)16-7-6-15(12-17(16)19(26)28)24-20(29)23-14-8-10-25(11-9-14)21(30)31-22(3,4)5/h6-7,12-14H,8-11H2,1-5H3,(H2,23,24,29). The first-order valence-corrected chi connectivity index (χ1v) is 10.5. The molecule has 9 heteroatoms. The molecule has 31 heavy (non-hydrogen) atoms. The van der Waals surface area contributed by atoms with Gasteiger partial charge in [0.25, 0.3) is 11.8 Å². The van der Waals surface area contributed by atoms with E-state index in [-0.39, 0.29) is 30.0 Å². The van der Waals surface area contributed by atoms with Crippen molar-refractivity contribution in [3.63, 3.8) is 0 Å². The van der Waals surface area contributed by atoms with Crippen molar-refractivity contribution < 1.29 is 23.9 Å². The molecule has 2 aliphatic rings. The second-order valence-corrected chi connectivity index (χ2v) is 9.17. The average molecular weight is 431 g/mol. The lowest BCUT2D eigenvalue weighted by Crippen LogP contribution is -2.48. The topological polar surface area (TPSA) is 108 Å². The fraction of sp³-hybridized carbons (Fsp3) is 0.545. The Morgan fingerprint density at radius 3 is 2.26 bits per heavy atom. The second kappa shape index (κ2) is 8.56. The first-order chi connectivity index (χ1) is 14.5. The van der Waals surface area contributed by atoms with Crippen LogP contribution in [0.4, 0.5) is 15.3 Å². The third-order valence-electron chi connectivity index (χ3n) is 5.17. The number of anilines is 1. The van der Waals surface area contributed by atoms with E-state index >= 15 is 0 Å². The molecular weight excluding hydrogens is 400 g/mol. The smallest absolute Gasteiger partial charge is 0.410 e. The zero-order valence-electron chi connectivity index (χ0n) is 18.7. The SMILES string of the molecule is CC(C)N1C(=O)c2ccc(NC(=O)NC3CCN(C(=O)OC(C)(C)C)CC3)cc2C1=O. The molecule has 1 aromatic rings. The number of ether oxygens (including phenoxy) is 1. The van der Waals surface area contributed by atoms with Crippen LogP contribution in [0.2, 0.25) is 0 Å². The maximum absolute atomic E-state index is 12.5. The Morgan fingerprint density at radius 2 is 1.68 bits per heavy atom. The number of imide groups is 1. The largest absolute Gasteiger partial charge is 0.444 e. The third kappa shape index (κ3) is 5.15. The number of fused-ring (bicyclic) bond motifs is 1. The Hall–Kier alpha value is -3.10. The lowest BCUT2D eigenvalue weighted by molar-refractivity contribution is 0.0201. The number of nitrogens with one attached hydrogen (secondary N) is 2. The summed E-state index contributed by atoms with van der Waals surface area (Å²) in [5, 5.41) is 5.62. The number of hydrogen-bond donors (Lipinski definition) is 2. The minimum atomic E-state index is -0.542. The summed E-state index contributed by atoms with van der Waals surface area (Å²) in [7, 11) is 0. The van der Waals surface area contributed by atoms with Gasteiger partial charge in [0.15, 0.2) is 0 Å². The number of benzene rings is 1. The van der Waals surface area contributed by atoms with Crippen molar-refractivity contribution in [1.82, 2.24) is 15.1 Å². The summed E-state index contributed by atoms with van der Waals surface area (Å²) in [6.45, 7) is 10.0. The van der Waals surface area contributed by atoms with Crippen molar-refractivity contribution in [3.05, 3.63) is 29.3 Å². The molecule has 0 bridgehead atoms. The second-order valence-electron chi connectivity index (χ2n) is 9.17. The van der Waals surface area contributed by atoms with E-state index in [1.54, 1.807) is 30.9 Å². The molecule has 0 aliphatic carbocycles. The van der Waals surface area contributed by atoms with E-state index < -0.39 is 11.6 Å². The summed E-state index contributed by atoms with van der Waals surface area (Å²) in [6, 6.07) is 3.99. The fourth-order valence-corrected chi connectivity index (χ4v) is 3.69. The Morgan fingerprint density at radius 1 is 1.06 bits per heavy atom. The Kier molecular flexibility index (Phi) is 6.24. The molecule has 2 heterocycles. The Balaban J connectivity index is 1.53. The van der Waals surface area contributed by atoms with Crippen molar-refractivity contribution in [2.75, 3.05) is 18.4 Å². The molecule has 2 aliphatic heterocycles. The van der Waals surface area contributed by atoms with Gasteiger partial charge in [-0.2, -0.15) is 0 Å². The minimum absolute atomic E-state index is 0.0762. The van der Waals surface area contributed by atoms with Crippen molar-refractivity contribution in [2.45, 2.75) is 65.1 Å². The number of amides is 5. The monoisotopic (exact) mass is 430 g/mol. The lowest BCUT2D eigenvalue weighted by atomic mass is 10.1. The summed E-state index contributed by atoms with van der Waals surface area (Å²) < 4.78 is 5.38. The number of carbonyl (C=O) groups excluding carboxylic acids is 4. The van der Waals surface area contributed by atoms with Crippen molar-refractivity contribution in [3.8, 4) is 0 Å². The number of hydrogen-bond acceptors (Lipinski definition) is 5. The van der Waals surface area contributed by atoms with E-state index in [1.165, 1.54) is 11.0 Å². The molecule has 1 fully saturated rings. The average Bonchev–Trinajstić information content (AvgIpc) is 2.91. The molecule has 0 unspecified atom stereocenters. The highest BCUT2D eigenvalue weighted by Crippen LogP contribution is 2.27. The maximum Gasteiger partial charge on any atom is 0.410 e. The number of urea groups is 1. The number of carbonyl (C=O) groups is 4. The van der Waals surface area contributed by atoms with Crippen LogP contribution in [0.3, 0.4) is 0 Å². The highest BCUT2D eigenvalue weighted by atomic mass is 16.6. The van der Waals surface area contributed by atoms with Crippen LogP contribution in [0, 0.1) is 0 Å². The van der Waals surface area contributed by atoms with E-state index in [0.717, 1.165) is 0 Å². The number of nitrogens with zero attached hydrogens (tertiary/aromatic N) is 2. The van der Waals surface area contributed by atoms with Crippen LogP contribution in [0.15, 0.2) is 18.2 Å². The zero-order valence-corrected chi connectivity index (χ0v) is 18.7.